The van der Waals surface area contributed by atoms with E-state index in [-0.39, 0.29) is 18.4 Å². The average Bonchev–Trinajstić information content (AvgIpc) is 2.53. The van der Waals surface area contributed by atoms with E-state index in [2.05, 4.69) is 18.1 Å². The van der Waals surface area contributed by atoms with Crippen LogP contribution in [-0.4, -0.2) is 42.4 Å². The minimum absolute atomic E-state index is 0. The van der Waals surface area contributed by atoms with Crippen LogP contribution in [0.1, 0.15) is 18.6 Å². The van der Waals surface area contributed by atoms with Crippen LogP contribution < -0.4 is 9.47 Å². The van der Waals surface area contributed by atoms with Gasteiger partial charge < -0.3 is 14.6 Å². The molecule has 22 heavy (non-hydrogen) atoms. The summed E-state index contributed by atoms with van der Waals surface area (Å²) in [5.74, 6) is 1.43. The highest BCUT2D eigenvalue weighted by atomic mass is 35.5. The fourth-order valence-corrected chi connectivity index (χ4v) is 2.46. The van der Waals surface area contributed by atoms with E-state index in [1.807, 2.05) is 37.3 Å². The molecule has 0 amide bonds. The normalized spacial score (nSPS) is 15.6. The molecule has 0 bridgehead atoms. The van der Waals surface area contributed by atoms with Crippen LogP contribution in [0.4, 0.5) is 0 Å². The Morgan fingerprint density at radius 3 is 2.36 bits per heavy atom. The van der Waals surface area contributed by atoms with Crippen molar-refractivity contribution in [3.8, 4) is 11.5 Å². The third-order valence-corrected chi connectivity index (χ3v) is 3.67. The molecule has 122 valence electrons. The summed E-state index contributed by atoms with van der Waals surface area (Å²) in [6.45, 7) is 12.0. The first-order chi connectivity index (χ1) is 10.2. The van der Waals surface area contributed by atoms with Crippen LogP contribution in [0.3, 0.4) is 0 Å². The number of hydrogen-bond donors (Lipinski definition) is 1. The van der Waals surface area contributed by atoms with Gasteiger partial charge in [0, 0.05) is 19.1 Å². The number of hydrogen-bond acceptors (Lipinski definition) is 4. The second-order valence-electron chi connectivity index (χ2n) is 5.12. The van der Waals surface area contributed by atoms with Crippen LogP contribution in [0.25, 0.3) is 0 Å². The smallest absolute Gasteiger partial charge is 0.161 e. The third kappa shape index (κ3) is 4.26. The summed E-state index contributed by atoms with van der Waals surface area (Å²) in [4.78, 5) is 2.11. The second-order valence-corrected chi connectivity index (χ2v) is 5.12. The number of aliphatic hydroxyl groups excluding tert-OH is 1. The minimum Gasteiger partial charge on any atom is -0.486 e. The topological polar surface area (TPSA) is 41.9 Å². The first kappa shape index (κ1) is 18.6. The van der Waals surface area contributed by atoms with Gasteiger partial charge in [-0.25, -0.2) is 0 Å². The average molecular weight is 326 g/mol. The van der Waals surface area contributed by atoms with Crippen molar-refractivity contribution in [3.05, 3.63) is 49.1 Å². The van der Waals surface area contributed by atoms with Crippen molar-refractivity contribution in [1.82, 2.24) is 4.90 Å². The maximum absolute atomic E-state index is 10.6. The number of benzene rings is 1. The summed E-state index contributed by atoms with van der Waals surface area (Å²) in [5, 5.41) is 10.6. The zero-order valence-corrected chi connectivity index (χ0v) is 13.7. The van der Waals surface area contributed by atoms with E-state index in [1.54, 1.807) is 0 Å². The van der Waals surface area contributed by atoms with Crippen molar-refractivity contribution in [2.45, 2.75) is 19.1 Å². The lowest BCUT2D eigenvalue weighted by atomic mass is 10.0. The molecule has 0 radical (unpaired) electrons. The molecule has 0 spiro atoms. The van der Waals surface area contributed by atoms with Crippen molar-refractivity contribution in [1.29, 1.82) is 0 Å². The molecule has 5 heteroatoms. The summed E-state index contributed by atoms with van der Waals surface area (Å²) in [7, 11) is 0. The Kier molecular flexibility index (Phi) is 7.45. The Balaban J connectivity index is 0.00000242. The maximum atomic E-state index is 10.6. The van der Waals surface area contributed by atoms with Gasteiger partial charge in [0.1, 0.15) is 13.2 Å². The van der Waals surface area contributed by atoms with Crippen LogP contribution in [0.5, 0.6) is 11.5 Å². The largest absolute Gasteiger partial charge is 0.486 e. The van der Waals surface area contributed by atoms with Gasteiger partial charge >= 0.3 is 0 Å². The van der Waals surface area contributed by atoms with Gasteiger partial charge in [0.2, 0.25) is 0 Å². The quantitative estimate of drug-likeness (QED) is 0.783. The molecule has 0 aliphatic carbocycles. The fraction of sp³-hybridized carbons (Fsp3) is 0.412. The Morgan fingerprint density at radius 2 is 1.77 bits per heavy atom. The van der Waals surface area contributed by atoms with Crippen LogP contribution in [-0.2, 0) is 0 Å². The molecule has 0 unspecified atom stereocenters. The van der Waals surface area contributed by atoms with Crippen LogP contribution in [0, 0.1) is 0 Å². The molecular weight excluding hydrogens is 302 g/mol. The number of ether oxygens (including phenoxy) is 2. The third-order valence-electron chi connectivity index (χ3n) is 3.67. The van der Waals surface area contributed by atoms with Gasteiger partial charge in [0.05, 0.1) is 6.10 Å². The highest BCUT2D eigenvalue weighted by Gasteiger charge is 2.23. The van der Waals surface area contributed by atoms with Crippen molar-refractivity contribution < 1.29 is 14.6 Å². The summed E-state index contributed by atoms with van der Waals surface area (Å²) in [6.07, 6.45) is 3.05. The Bertz CT molecular complexity index is 497. The predicted molar refractivity (Wildman–Crippen MR) is 91.1 cm³/mol. The second kappa shape index (κ2) is 8.83. The first-order valence-corrected chi connectivity index (χ1v) is 7.20. The lowest BCUT2D eigenvalue weighted by Crippen LogP contribution is -2.37. The Morgan fingerprint density at radius 1 is 1.18 bits per heavy atom. The van der Waals surface area contributed by atoms with E-state index in [4.69, 9.17) is 9.47 Å². The van der Waals surface area contributed by atoms with Gasteiger partial charge in [0.25, 0.3) is 0 Å². The number of nitrogens with zero attached hydrogens (tertiary/aromatic N) is 1. The molecule has 0 aromatic heterocycles. The predicted octanol–water partition coefficient (Wildman–Crippen LogP) is 2.98. The summed E-state index contributed by atoms with van der Waals surface area (Å²) >= 11 is 0. The van der Waals surface area contributed by atoms with E-state index >= 15 is 0 Å². The molecule has 0 fully saturated rings. The van der Waals surface area contributed by atoms with Crippen molar-refractivity contribution in [2.24, 2.45) is 0 Å². The van der Waals surface area contributed by atoms with Crippen molar-refractivity contribution >= 4 is 12.4 Å². The summed E-state index contributed by atoms with van der Waals surface area (Å²) in [5.41, 5.74) is 0.824. The van der Waals surface area contributed by atoms with Crippen molar-refractivity contribution in [2.75, 3.05) is 26.3 Å². The first-order valence-electron chi connectivity index (χ1n) is 7.20. The highest BCUT2D eigenvalue weighted by Crippen LogP contribution is 2.33. The van der Waals surface area contributed by atoms with E-state index in [9.17, 15) is 5.11 Å². The monoisotopic (exact) mass is 325 g/mol. The van der Waals surface area contributed by atoms with E-state index in [0.717, 1.165) is 11.3 Å². The summed E-state index contributed by atoms with van der Waals surface area (Å²) < 4.78 is 11.1. The van der Waals surface area contributed by atoms with Gasteiger partial charge in [-0.05, 0) is 24.6 Å². The molecule has 2 atom stereocenters. The van der Waals surface area contributed by atoms with Gasteiger partial charge in [-0.1, -0.05) is 18.2 Å². The van der Waals surface area contributed by atoms with Gasteiger partial charge in [-0.15, -0.1) is 25.6 Å². The maximum Gasteiger partial charge on any atom is 0.161 e. The Labute approximate surface area is 138 Å². The molecule has 4 nitrogen and oxygen atoms in total. The standard InChI is InChI=1S/C17H23NO3.ClH/c1-4-8-18(9-5-2)13(3)17(19)14-6-7-15-16(12-14)21-11-10-20-15;/h4-7,12-13,17,19H,1-2,8-11H2,3H3;1H/t13-,17-;/m0./s1. The van der Waals surface area contributed by atoms with E-state index in [0.29, 0.717) is 32.1 Å². The molecular formula is C17H24ClNO3. The van der Waals surface area contributed by atoms with Gasteiger partial charge in [-0.3, -0.25) is 4.90 Å². The number of fused-ring (bicyclic) bond motifs is 1. The highest BCUT2D eigenvalue weighted by molar-refractivity contribution is 5.85. The lowest BCUT2D eigenvalue weighted by molar-refractivity contribution is 0.0703. The molecule has 0 saturated carbocycles. The van der Waals surface area contributed by atoms with E-state index < -0.39 is 6.10 Å². The Hall–Kier alpha value is -1.49. The summed E-state index contributed by atoms with van der Waals surface area (Å²) in [6, 6.07) is 5.54. The lowest BCUT2D eigenvalue weighted by Gasteiger charge is -2.31. The van der Waals surface area contributed by atoms with Crippen molar-refractivity contribution in [3.63, 3.8) is 0 Å². The molecule has 1 heterocycles. The number of halogens is 1. The molecule has 2 rings (SSSR count). The zero-order valence-electron chi connectivity index (χ0n) is 12.9. The van der Waals surface area contributed by atoms with Crippen LogP contribution in [0.15, 0.2) is 43.5 Å². The van der Waals surface area contributed by atoms with Gasteiger partial charge in [0.15, 0.2) is 11.5 Å². The van der Waals surface area contributed by atoms with E-state index in [1.165, 1.54) is 0 Å². The molecule has 1 N–H and O–H groups in total. The molecule has 1 aromatic rings. The molecule has 1 aliphatic heterocycles. The molecule has 0 saturated heterocycles. The number of aliphatic hydroxyl groups is 1. The van der Waals surface area contributed by atoms with Gasteiger partial charge in [-0.2, -0.15) is 0 Å². The number of rotatable bonds is 7. The zero-order chi connectivity index (χ0) is 15.2. The molecule has 1 aliphatic rings. The molecule has 1 aromatic carbocycles. The SMILES string of the molecule is C=CCN(CC=C)[C@@H](C)[C@H](O)c1ccc2c(c1)OCCO2.Cl. The van der Waals surface area contributed by atoms with Crippen LogP contribution >= 0.6 is 12.4 Å². The van der Waals surface area contributed by atoms with Crippen LogP contribution in [0.2, 0.25) is 0 Å². The fourth-order valence-electron chi connectivity index (χ4n) is 2.46. The minimum atomic E-state index is -0.610.